The van der Waals surface area contributed by atoms with Gasteiger partial charge in [0.1, 0.15) is 12.4 Å². The van der Waals surface area contributed by atoms with E-state index >= 15 is 0 Å². The molecule has 0 saturated heterocycles. The predicted octanol–water partition coefficient (Wildman–Crippen LogP) is 4.88. The van der Waals surface area contributed by atoms with Crippen LogP contribution in [0.25, 0.3) is 5.57 Å². The molecule has 1 aliphatic heterocycles. The second-order valence-corrected chi connectivity index (χ2v) is 7.70. The molecule has 0 bridgehead atoms. The molecule has 0 fully saturated rings. The summed E-state index contributed by atoms with van der Waals surface area (Å²) in [7, 11) is 4.16. The van der Waals surface area contributed by atoms with Gasteiger partial charge in [-0.2, -0.15) is 0 Å². The normalized spacial score (nSPS) is 13.9. The van der Waals surface area contributed by atoms with Gasteiger partial charge in [-0.1, -0.05) is 36.4 Å². The van der Waals surface area contributed by atoms with Gasteiger partial charge in [-0.15, -0.1) is 12.4 Å². The molecule has 0 saturated carbocycles. The van der Waals surface area contributed by atoms with Crippen LogP contribution in [-0.2, 0) is 22.6 Å². The van der Waals surface area contributed by atoms with E-state index in [-0.39, 0.29) is 30.9 Å². The zero-order valence-electron chi connectivity index (χ0n) is 17.6. The van der Waals surface area contributed by atoms with Gasteiger partial charge in [-0.05, 0) is 68.8 Å². The molecule has 5 heteroatoms. The van der Waals surface area contributed by atoms with Crippen molar-refractivity contribution in [2.45, 2.75) is 39.4 Å². The lowest BCUT2D eigenvalue weighted by Gasteiger charge is -2.14. The minimum Gasteiger partial charge on any atom is -0.488 e. The van der Waals surface area contributed by atoms with Crippen LogP contribution in [0.5, 0.6) is 5.75 Å². The topological polar surface area (TPSA) is 38.8 Å². The van der Waals surface area contributed by atoms with Gasteiger partial charge in [-0.25, -0.2) is 0 Å². The Morgan fingerprint density at radius 2 is 1.93 bits per heavy atom. The van der Waals surface area contributed by atoms with Crippen molar-refractivity contribution in [3.05, 3.63) is 70.8 Å². The number of nitrogens with zero attached hydrogens (tertiary/aromatic N) is 1. The first-order valence-electron chi connectivity index (χ1n) is 9.83. The summed E-state index contributed by atoms with van der Waals surface area (Å²) in [6, 6.07) is 14.4. The van der Waals surface area contributed by atoms with Crippen LogP contribution in [0.15, 0.2) is 48.5 Å². The van der Waals surface area contributed by atoms with E-state index in [2.05, 4.69) is 49.3 Å². The van der Waals surface area contributed by atoms with Crippen LogP contribution in [0.4, 0.5) is 0 Å². The molecule has 0 atom stereocenters. The molecule has 4 nitrogen and oxygen atoms in total. The molecule has 0 aromatic heterocycles. The zero-order chi connectivity index (χ0) is 20.1. The first-order chi connectivity index (χ1) is 13.4. The van der Waals surface area contributed by atoms with Crippen LogP contribution >= 0.6 is 12.4 Å². The van der Waals surface area contributed by atoms with Gasteiger partial charge in [0.25, 0.3) is 0 Å². The number of hydrogen-bond donors (Lipinski definition) is 0. The van der Waals surface area contributed by atoms with Crippen LogP contribution < -0.4 is 4.74 Å². The lowest BCUT2D eigenvalue weighted by atomic mass is 9.92. The summed E-state index contributed by atoms with van der Waals surface area (Å²) >= 11 is 0. The maximum absolute atomic E-state index is 12.1. The van der Waals surface area contributed by atoms with Gasteiger partial charge in [0.2, 0.25) is 0 Å². The predicted molar refractivity (Wildman–Crippen MR) is 120 cm³/mol. The van der Waals surface area contributed by atoms with E-state index < -0.39 is 0 Å². The fourth-order valence-corrected chi connectivity index (χ4v) is 3.39. The second kappa shape index (κ2) is 10.5. The molecule has 2 aromatic carbocycles. The molecule has 0 aliphatic carbocycles. The van der Waals surface area contributed by atoms with E-state index in [4.69, 9.17) is 9.47 Å². The number of halogens is 1. The van der Waals surface area contributed by atoms with Crippen LogP contribution in [0.3, 0.4) is 0 Å². The van der Waals surface area contributed by atoms with Crippen molar-refractivity contribution >= 4 is 23.9 Å². The van der Waals surface area contributed by atoms with Crippen molar-refractivity contribution in [2.75, 3.05) is 20.6 Å². The van der Waals surface area contributed by atoms with E-state index in [1.54, 1.807) is 0 Å². The smallest absolute Gasteiger partial charge is 0.310 e. The molecule has 0 radical (unpaired) electrons. The Morgan fingerprint density at radius 3 is 2.66 bits per heavy atom. The monoisotopic (exact) mass is 415 g/mol. The number of ether oxygens (including phenoxy) is 2. The summed E-state index contributed by atoms with van der Waals surface area (Å²) in [5.41, 5.74) is 5.52. The number of esters is 1. The summed E-state index contributed by atoms with van der Waals surface area (Å²) in [5.74, 6) is 0.649. The average Bonchev–Trinajstić information content (AvgIpc) is 2.78. The van der Waals surface area contributed by atoms with Crippen LogP contribution in [0, 0.1) is 0 Å². The molecule has 1 heterocycles. The van der Waals surface area contributed by atoms with Gasteiger partial charge in [0.15, 0.2) is 0 Å². The molecule has 0 spiro atoms. The van der Waals surface area contributed by atoms with Crippen molar-refractivity contribution in [3.63, 3.8) is 0 Å². The molecule has 1 aliphatic rings. The minimum atomic E-state index is -0.206. The highest BCUT2D eigenvalue weighted by atomic mass is 35.5. The Morgan fingerprint density at radius 1 is 1.17 bits per heavy atom. The molecule has 29 heavy (non-hydrogen) atoms. The Balaban J connectivity index is 0.00000300. The number of hydrogen-bond acceptors (Lipinski definition) is 4. The summed E-state index contributed by atoms with van der Waals surface area (Å²) < 4.78 is 11.4. The maximum Gasteiger partial charge on any atom is 0.310 e. The van der Waals surface area contributed by atoms with E-state index in [0.29, 0.717) is 6.61 Å². The number of carbonyl (C=O) groups excluding carboxylic acids is 1. The fraction of sp³-hybridized carbons (Fsp3) is 0.375. The van der Waals surface area contributed by atoms with Crippen LogP contribution in [-0.4, -0.2) is 37.6 Å². The van der Waals surface area contributed by atoms with Crippen molar-refractivity contribution in [3.8, 4) is 5.75 Å². The molecule has 0 amide bonds. The van der Waals surface area contributed by atoms with E-state index in [9.17, 15) is 4.79 Å². The van der Waals surface area contributed by atoms with Gasteiger partial charge < -0.3 is 14.4 Å². The zero-order valence-corrected chi connectivity index (χ0v) is 18.4. The molecule has 3 rings (SSSR count). The highest BCUT2D eigenvalue weighted by molar-refractivity contribution is 5.86. The van der Waals surface area contributed by atoms with Crippen LogP contribution in [0.2, 0.25) is 0 Å². The Kier molecular flexibility index (Phi) is 8.30. The number of benzene rings is 2. The van der Waals surface area contributed by atoms with Gasteiger partial charge in [-0.3, -0.25) is 4.79 Å². The molecule has 0 unspecified atom stereocenters. The number of carbonyl (C=O) groups is 1. The molecule has 0 N–H and O–H groups in total. The summed E-state index contributed by atoms with van der Waals surface area (Å²) in [5, 5.41) is 0. The Labute approximate surface area is 179 Å². The quantitative estimate of drug-likeness (QED) is 0.630. The van der Waals surface area contributed by atoms with Crippen LogP contribution in [0.1, 0.15) is 42.5 Å². The van der Waals surface area contributed by atoms with E-state index in [0.717, 1.165) is 29.8 Å². The fourth-order valence-electron chi connectivity index (χ4n) is 3.39. The van der Waals surface area contributed by atoms with Crippen molar-refractivity contribution < 1.29 is 14.3 Å². The standard InChI is InChI=1S/C24H29NO3.ClH/c1-17(2)28-24(26)15-18-11-12-23-22(14-18)21(10-7-13-25(3)4)20-9-6-5-8-19(20)16-27-23;/h5-6,8-12,14,17H,7,13,15-16H2,1-4H3;1H/b21-10-;. The summed E-state index contributed by atoms with van der Waals surface area (Å²) in [6.07, 6.45) is 3.38. The molecule has 2 aromatic rings. The van der Waals surface area contributed by atoms with E-state index in [1.807, 2.05) is 32.0 Å². The van der Waals surface area contributed by atoms with Crippen molar-refractivity contribution in [2.24, 2.45) is 0 Å². The van der Waals surface area contributed by atoms with Gasteiger partial charge in [0.05, 0.1) is 12.5 Å². The highest BCUT2D eigenvalue weighted by Gasteiger charge is 2.20. The third-order valence-corrected chi connectivity index (χ3v) is 4.67. The minimum absolute atomic E-state index is 0. The molecular formula is C24H30ClNO3. The Hall–Kier alpha value is -2.30. The van der Waals surface area contributed by atoms with Crippen molar-refractivity contribution in [1.29, 1.82) is 0 Å². The van der Waals surface area contributed by atoms with Gasteiger partial charge >= 0.3 is 5.97 Å². The lowest BCUT2D eigenvalue weighted by Crippen LogP contribution is -2.13. The first kappa shape index (κ1) is 23.0. The summed E-state index contributed by atoms with van der Waals surface area (Å²) in [6.45, 7) is 5.25. The van der Waals surface area contributed by atoms with E-state index in [1.165, 1.54) is 16.7 Å². The first-order valence-corrected chi connectivity index (χ1v) is 9.83. The molecular weight excluding hydrogens is 386 g/mol. The maximum atomic E-state index is 12.1. The highest BCUT2D eigenvalue weighted by Crippen LogP contribution is 2.37. The Bertz CT molecular complexity index is 874. The third-order valence-electron chi connectivity index (χ3n) is 4.67. The largest absolute Gasteiger partial charge is 0.488 e. The second-order valence-electron chi connectivity index (χ2n) is 7.70. The summed E-state index contributed by atoms with van der Waals surface area (Å²) in [4.78, 5) is 14.3. The molecule has 156 valence electrons. The number of fused-ring (bicyclic) bond motifs is 2. The van der Waals surface area contributed by atoms with Crippen molar-refractivity contribution in [1.82, 2.24) is 4.90 Å². The number of rotatable bonds is 6. The third kappa shape index (κ3) is 6.09. The van der Waals surface area contributed by atoms with Gasteiger partial charge in [0, 0.05) is 12.1 Å². The SMILES string of the molecule is CC(C)OC(=O)Cc1ccc2c(c1)/C(=C\CCN(C)C)c1ccccc1CO2.Cl. The average molecular weight is 416 g/mol. The lowest BCUT2D eigenvalue weighted by molar-refractivity contribution is -0.146.